The Morgan fingerprint density at radius 1 is 1.17 bits per heavy atom. The highest BCUT2D eigenvalue weighted by atomic mass is 16.6. The summed E-state index contributed by atoms with van der Waals surface area (Å²) < 4.78 is 5.69. The van der Waals surface area contributed by atoms with Crippen LogP contribution in [0.2, 0.25) is 0 Å². The van der Waals surface area contributed by atoms with Crippen molar-refractivity contribution in [1.29, 1.82) is 0 Å². The summed E-state index contributed by atoms with van der Waals surface area (Å²) in [6.45, 7) is 5.54. The molecule has 0 radical (unpaired) electrons. The number of nitro benzene ring substituents is 1. The zero-order valence-electron chi connectivity index (χ0n) is 13.9. The number of benzene rings is 2. The van der Waals surface area contributed by atoms with Crippen LogP contribution in [0.4, 0.5) is 11.4 Å². The van der Waals surface area contributed by atoms with Gasteiger partial charge in [0.15, 0.2) is 6.10 Å². The molecule has 0 aromatic heterocycles. The van der Waals surface area contributed by atoms with E-state index in [9.17, 15) is 14.9 Å². The molecule has 0 bridgehead atoms. The van der Waals surface area contributed by atoms with E-state index in [1.54, 1.807) is 25.1 Å². The molecule has 24 heavy (non-hydrogen) atoms. The number of nitro groups is 1. The normalized spacial score (nSPS) is 11.6. The number of hydrogen-bond acceptors (Lipinski definition) is 4. The van der Waals surface area contributed by atoms with Crippen molar-refractivity contribution >= 4 is 17.3 Å². The molecule has 0 aliphatic carbocycles. The van der Waals surface area contributed by atoms with Crippen LogP contribution in [0.5, 0.6) is 5.75 Å². The number of rotatable bonds is 6. The van der Waals surface area contributed by atoms with Crippen molar-refractivity contribution in [2.45, 2.75) is 33.3 Å². The Bertz CT molecular complexity index is 741. The molecule has 6 nitrogen and oxygen atoms in total. The summed E-state index contributed by atoms with van der Waals surface area (Å²) in [5.41, 5.74) is 1.88. The number of nitrogens with zero attached hydrogens (tertiary/aromatic N) is 1. The predicted molar refractivity (Wildman–Crippen MR) is 92.3 cm³/mol. The summed E-state index contributed by atoms with van der Waals surface area (Å²) in [6.07, 6.45) is -0.284. The van der Waals surface area contributed by atoms with Gasteiger partial charge in [0.05, 0.1) is 4.92 Å². The minimum absolute atomic E-state index is 0.131. The third-order valence-electron chi connectivity index (χ3n) is 3.57. The molecule has 0 heterocycles. The van der Waals surface area contributed by atoms with E-state index >= 15 is 0 Å². The predicted octanol–water partition coefficient (Wildman–Crippen LogP) is 4.01. The van der Waals surface area contributed by atoms with E-state index in [4.69, 9.17) is 4.74 Å². The lowest BCUT2D eigenvalue weighted by atomic mass is 10.1. The van der Waals surface area contributed by atoms with Crippen LogP contribution < -0.4 is 10.1 Å². The van der Waals surface area contributed by atoms with Gasteiger partial charge in [-0.3, -0.25) is 14.9 Å². The maximum Gasteiger partial charge on any atom is 0.293 e. The smallest absolute Gasteiger partial charge is 0.293 e. The number of ether oxygens (including phenoxy) is 1. The lowest BCUT2D eigenvalue weighted by molar-refractivity contribution is -0.384. The van der Waals surface area contributed by atoms with Crippen molar-refractivity contribution in [2.75, 3.05) is 5.32 Å². The van der Waals surface area contributed by atoms with Crippen LogP contribution in [0.3, 0.4) is 0 Å². The number of carbonyl (C=O) groups is 1. The molecule has 0 saturated heterocycles. The van der Waals surface area contributed by atoms with Gasteiger partial charge >= 0.3 is 0 Å². The van der Waals surface area contributed by atoms with Crippen molar-refractivity contribution in [3.05, 3.63) is 63.7 Å². The fraction of sp³-hybridized carbons (Fsp3) is 0.278. The van der Waals surface area contributed by atoms with Crippen LogP contribution in [0.1, 0.15) is 24.5 Å². The minimum atomic E-state index is -0.728. The number of carbonyl (C=O) groups excluding carboxylic acids is 1. The summed E-state index contributed by atoms with van der Waals surface area (Å²) in [5.74, 6) is 0.172. The Morgan fingerprint density at radius 2 is 1.79 bits per heavy atom. The molecule has 1 N–H and O–H groups in total. The largest absolute Gasteiger partial charge is 0.481 e. The molecular weight excluding hydrogens is 308 g/mol. The van der Waals surface area contributed by atoms with Crippen molar-refractivity contribution in [3.8, 4) is 5.75 Å². The van der Waals surface area contributed by atoms with Crippen LogP contribution >= 0.6 is 0 Å². The molecule has 1 atom stereocenters. The second-order valence-electron chi connectivity index (χ2n) is 5.59. The zero-order chi connectivity index (χ0) is 17.7. The highest BCUT2D eigenvalue weighted by Gasteiger charge is 2.22. The summed E-state index contributed by atoms with van der Waals surface area (Å²) >= 11 is 0. The average molecular weight is 328 g/mol. The summed E-state index contributed by atoms with van der Waals surface area (Å²) in [5, 5.41) is 13.7. The first kappa shape index (κ1) is 17.5. The van der Waals surface area contributed by atoms with Gasteiger partial charge in [-0.25, -0.2) is 0 Å². The number of hydrogen-bond donors (Lipinski definition) is 1. The third-order valence-corrected chi connectivity index (χ3v) is 3.57. The molecular formula is C18H20N2O4. The summed E-state index contributed by atoms with van der Waals surface area (Å²) in [6, 6.07) is 12.0. The molecule has 0 spiro atoms. The standard InChI is InChI=1S/C18H20N2O4/c1-4-17(24-14-8-5-12(2)6-9-14)18(21)19-15-10-7-13(3)11-16(15)20(22)23/h5-11,17H,4H2,1-3H3,(H,19,21). The number of aryl methyl sites for hydroxylation is 2. The first-order valence-corrected chi connectivity index (χ1v) is 7.70. The average Bonchev–Trinajstić information content (AvgIpc) is 2.55. The molecule has 0 aliphatic rings. The summed E-state index contributed by atoms with van der Waals surface area (Å²) in [7, 11) is 0. The number of anilines is 1. The Kier molecular flexibility index (Phi) is 5.52. The molecule has 0 saturated carbocycles. The topological polar surface area (TPSA) is 81.5 Å². The van der Waals surface area contributed by atoms with Gasteiger partial charge in [0.1, 0.15) is 11.4 Å². The molecule has 1 amide bonds. The second-order valence-corrected chi connectivity index (χ2v) is 5.59. The van der Waals surface area contributed by atoms with Gasteiger partial charge in [-0.1, -0.05) is 30.7 Å². The van der Waals surface area contributed by atoms with Gasteiger partial charge < -0.3 is 10.1 Å². The van der Waals surface area contributed by atoms with Crippen molar-refractivity contribution in [1.82, 2.24) is 0 Å². The van der Waals surface area contributed by atoms with E-state index in [0.29, 0.717) is 12.2 Å². The quantitative estimate of drug-likeness (QED) is 0.641. The minimum Gasteiger partial charge on any atom is -0.481 e. The fourth-order valence-corrected chi connectivity index (χ4v) is 2.22. The van der Waals surface area contributed by atoms with E-state index < -0.39 is 16.9 Å². The van der Waals surface area contributed by atoms with Crippen molar-refractivity contribution in [3.63, 3.8) is 0 Å². The maximum atomic E-state index is 12.4. The van der Waals surface area contributed by atoms with Crippen LogP contribution in [0, 0.1) is 24.0 Å². The Hall–Kier alpha value is -2.89. The molecule has 1 unspecified atom stereocenters. The highest BCUT2D eigenvalue weighted by molar-refractivity contribution is 5.96. The first-order chi connectivity index (χ1) is 11.4. The van der Waals surface area contributed by atoms with Crippen LogP contribution in [0.25, 0.3) is 0 Å². The monoisotopic (exact) mass is 328 g/mol. The van der Waals surface area contributed by atoms with E-state index in [0.717, 1.165) is 11.1 Å². The van der Waals surface area contributed by atoms with E-state index in [-0.39, 0.29) is 11.4 Å². The van der Waals surface area contributed by atoms with Gasteiger partial charge in [-0.05, 0) is 44.0 Å². The molecule has 0 fully saturated rings. The Balaban J connectivity index is 2.15. The van der Waals surface area contributed by atoms with E-state index in [2.05, 4.69) is 5.32 Å². The lowest BCUT2D eigenvalue weighted by Crippen LogP contribution is -2.32. The molecule has 2 rings (SSSR count). The van der Waals surface area contributed by atoms with Crippen LogP contribution in [0.15, 0.2) is 42.5 Å². The van der Waals surface area contributed by atoms with Gasteiger partial charge in [0.2, 0.25) is 0 Å². The number of amides is 1. The van der Waals surface area contributed by atoms with Crippen molar-refractivity contribution in [2.24, 2.45) is 0 Å². The second kappa shape index (κ2) is 7.59. The fourth-order valence-electron chi connectivity index (χ4n) is 2.22. The first-order valence-electron chi connectivity index (χ1n) is 7.70. The Morgan fingerprint density at radius 3 is 2.38 bits per heavy atom. The maximum absolute atomic E-state index is 12.4. The van der Waals surface area contributed by atoms with Gasteiger partial charge in [-0.2, -0.15) is 0 Å². The summed E-state index contributed by atoms with van der Waals surface area (Å²) in [4.78, 5) is 23.0. The molecule has 0 aliphatic heterocycles. The molecule has 2 aromatic rings. The van der Waals surface area contributed by atoms with Crippen LogP contribution in [-0.2, 0) is 4.79 Å². The molecule has 2 aromatic carbocycles. The molecule has 6 heteroatoms. The van der Waals surface area contributed by atoms with Gasteiger partial charge in [-0.15, -0.1) is 0 Å². The molecule has 126 valence electrons. The lowest BCUT2D eigenvalue weighted by Gasteiger charge is -2.17. The van der Waals surface area contributed by atoms with E-state index in [1.807, 2.05) is 26.0 Å². The van der Waals surface area contributed by atoms with E-state index in [1.165, 1.54) is 12.1 Å². The highest BCUT2D eigenvalue weighted by Crippen LogP contribution is 2.26. The van der Waals surface area contributed by atoms with Crippen LogP contribution in [-0.4, -0.2) is 16.9 Å². The number of nitrogens with one attached hydrogen (secondary N) is 1. The van der Waals surface area contributed by atoms with Crippen molar-refractivity contribution < 1.29 is 14.5 Å². The van der Waals surface area contributed by atoms with Gasteiger partial charge in [0.25, 0.3) is 11.6 Å². The zero-order valence-corrected chi connectivity index (χ0v) is 13.9. The SMILES string of the molecule is CCC(Oc1ccc(C)cc1)C(=O)Nc1ccc(C)cc1[N+](=O)[O-]. The Labute approximate surface area is 140 Å². The third kappa shape index (κ3) is 4.32. The van der Waals surface area contributed by atoms with Gasteiger partial charge in [0, 0.05) is 6.07 Å².